The molecule has 0 spiro atoms. The third-order valence-electron chi connectivity index (χ3n) is 3.26. The molecule has 1 amide bonds. The fourth-order valence-corrected chi connectivity index (χ4v) is 3.20. The van der Waals surface area contributed by atoms with Crippen LogP contribution in [0.3, 0.4) is 0 Å². The van der Waals surface area contributed by atoms with E-state index in [1.165, 1.54) is 11.3 Å². The van der Waals surface area contributed by atoms with E-state index in [-0.39, 0.29) is 5.91 Å². The van der Waals surface area contributed by atoms with Crippen LogP contribution in [0.15, 0.2) is 18.2 Å². The second-order valence-electron chi connectivity index (χ2n) is 4.81. The highest BCUT2D eigenvalue weighted by Crippen LogP contribution is 2.33. The Labute approximate surface area is 130 Å². The Morgan fingerprint density at radius 1 is 1.38 bits per heavy atom. The zero-order valence-corrected chi connectivity index (χ0v) is 13.3. The van der Waals surface area contributed by atoms with E-state index in [1.807, 2.05) is 26.0 Å². The van der Waals surface area contributed by atoms with E-state index < -0.39 is 0 Å². The van der Waals surface area contributed by atoms with Crippen molar-refractivity contribution in [3.8, 4) is 0 Å². The van der Waals surface area contributed by atoms with Gasteiger partial charge in [0.25, 0.3) is 5.91 Å². The summed E-state index contributed by atoms with van der Waals surface area (Å²) in [6, 6.07) is 5.49. The Morgan fingerprint density at radius 3 is 2.76 bits per heavy atom. The average Bonchev–Trinajstić information content (AvgIpc) is 3.00. The Kier molecular flexibility index (Phi) is 3.43. The second kappa shape index (κ2) is 5.13. The molecule has 2 heterocycles. The van der Waals surface area contributed by atoms with Gasteiger partial charge in [0.1, 0.15) is 0 Å². The molecule has 21 heavy (non-hydrogen) atoms. The van der Waals surface area contributed by atoms with Crippen molar-refractivity contribution in [3.05, 3.63) is 40.2 Å². The summed E-state index contributed by atoms with van der Waals surface area (Å²) >= 11 is 7.52. The van der Waals surface area contributed by atoms with Gasteiger partial charge in [0.2, 0.25) is 0 Å². The van der Waals surface area contributed by atoms with Gasteiger partial charge in [0, 0.05) is 12.7 Å². The summed E-state index contributed by atoms with van der Waals surface area (Å²) in [5.74, 6) is -0.272. The van der Waals surface area contributed by atoms with Crippen LogP contribution in [0.4, 0.5) is 5.13 Å². The standard InChI is InChI=1S/C14H13ClN4OS/c1-7-4-5-9(15)12-11(7)16-14(21-12)17-13(20)10-6-8(2)19(3)18-10/h4-6H,1-3H3,(H,16,17,20). The Balaban J connectivity index is 1.93. The molecule has 0 aliphatic carbocycles. The minimum absolute atomic E-state index is 0.272. The van der Waals surface area contributed by atoms with Crippen LogP contribution in [0, 0.1) is 13.8 Å². The summed E-state index contributed by atoms with van der Waals surface area (Å²) in [5, 5.41) is 8.09. The molecule has 0 saturated heterocycles. The number of anilines is 1. The number of aryl methyl sites for hydroxylation is 3. The number of aromatic nitrogens is 3. The largest absolute Gasteiger partial charge is 0.296 e. The second-order valence-corrected chi connectivity index (χ2v) is 6.22. The number of benzene rings is 1. The van der Waals surface area contributed by atoms with Gasteiger partial charge in [-0.25, -0.2) is 4.98 Å². The Hall–Kier alpha value is -1.92. The van der Waals surface area contributed by atoms with Crippen molar-refractivity contribution in [2.24, 2.45) is 7.05 Å². The molecule has 3 aromatic rings. The molecule has 0 saturated carbocycles. The minimum atomic E-state index is -0.272. The van der Waals surface area contributed by atoms with Gasteiger partial charge in [0.15, 0.2) is 10.8 Å². The van der Waals surface area contributed by atoms with E-state index in [4.69, 9.17) is 11.6 Å². The number of carbonyl (C=O) groups excluding carboxylic acids is 1. The number of carbonyl (C=O) groups is 1. The fraction of sp³-hybridized carbons (Fsp3) is 0.214. The van der Waals surface area contributed by atoms with Gasteiger partial charge in [0.05, 0.1) is 15.2 Å². The number of nitrogens with zero attached hydrogens (tertiary/aromatic N) is 3. The predicted molar refractivity (Wildman–Crippen MR) is 85.3 cm³/mol. The Bertz CT molecular complexity index is 794. The Morgan fingerprint density at radius 2 is 2.14 bits per heavy atom. The summed E-state index contributed by atoms with van der Waals surface area (Å²) in [5.41, 5.74) is 3.14. The van der Waals surface area contributed by atoms with E-state index in [1.54, 1.807) is 17.8 Å². The van der Waals surface area contributed by atoms with Crippen LogP contribution >= 0.6 is 22.9 Å². The van der Waals surface area contributed by atoms with Crippen molar-refractivity contribution < 1.29 is 4.79 Å². The summed E-state index contributed by atoms with van der Waals surface area (Å²) < 4.78 is 2.54. The molecule has 0 radical (unpaired) electrons. The molecule has 1 aromatic carbocycles. The van der Waals surface area contributed by atoms with Gasteiger partial charge in [-0.1, -0.05) is 29.0 Å². The first-order valence-corrected chi connectivity index (χ1v) is 7.53. The van der Waals surface area contributed by atoms with Gasteiger partial charge in [-0.2, -0.15) is 5.10 Å². The lowest BCUT2D eigenvalue weighted by Gasteiger charge is -1.96. The summed E-state index contributed by atoms with van der Waals surface area (Å²) in [6.07, 6.45) is 0. The smallest absolute Gasteiger partial charge is 0.277 e. The average molecular weight is 321 g/mol. The van der Waals surface area contributed by atoms with Crippen LogP contribution in [-0.4, -0.2) is 20.7 Å². The zero-order valence-electron chi connectivity index (χ0n) is 11.8. The third kappa shape index (κ3) is 2.52. The van der Waals surface area contributed by atoms with Gasteiger partial charge in [-0.05, 0) is 31.5 Å². The number of amides is 1. The molecule has 3 rings (SSSR count). The minimum Gasteiger partial charge on any atom is -0.296 e. The van der Waals surface area contributed by atoms with Crippen molar-refractivity contribution >= 4 is 44.2 Å². The molecular weight excluding hydrogens is 308 g/mol. The van der Waals surface area contributed by atoms with Gasteiger partial charge in [-0.3, -0.25) is 14.8 Å². The van der Waals surface area contributed by atoms with Crippen molar-refractivity contribution in [1.29, 1.82) is 0 Å². The summed E-state index contributed by atoms with van der Waals surface area (Å²) in [7, 11) is 1.80. The number of fused-ring (bicyclic) bond motifs is 1. The van der Waals surface area contributed by atoms with Crippen LogP contribution < -0.4 is 5.32 Å². The van der Waals surface area contributed by atoms with Crippen molar-refractivity contribution in [2.75, 3.05) is 5.32 Å². The molecule has 0 unspecified atom stereocenters. The molecule has 0 aliphatic rings. The lowest BCUT2D eigenvalue weighted by Crippen LogP contribution is -2.12. The van der Waals surface area contributed by atoms with Crippen LogP contribution in [0.25, 0.3) is 10.2 Å². The molecule has 108 valence electrons. The lowest BCUT2D eigenvalue weighted by molar-refractivity contribution is 0.102. The van der Waals surface area contributed by atoms with Crippen LogP contribution in [0.2, 0.25) is 5.02 Å². The molecule has 0 bridgehead atoms. The van der Waals surface area contributed by atoms with Crippen LogP contribution in [0.5, 0.6) is 0 Å². The summed E-state index contributed by atoms with van der Waals surface area (Å²) in [6.45, 7) is 3.86. The van der Waals surface area contributed by atoms with Gasteiger partial charge in [-0.15, -0.1) is 0 Å². The highest BCUT2D eigenvalue weighted by atomic mass is 35.5. The first kappa shape index (κ1) is 14.0. The maximum absolute atomic E-state index is 12.2. The predicted octanol–water partition coefficient (Wildman–Crippen LogP) is 3.55. The topological polar surface area (TPSA) is 59.8 Å². The highest BCUT2D eigenvalue weighted by molar-refractivity contribution is 7.23. The molecule has 0 atom stereocenters. The highest BCUT2D eigenvalue weighted by Gasteiger charge is 2.15. The number of thiazole rings is 1. The van der Waals surface area contributed by atoms with Crippen LogP contribution in [-0.2, 0) is 7.05 Å². The molecule has 5 nitrogen and oxygen atoms in total. The third-order valence-corrected chi connectivity index (χ3v) is 4.70. The molecule has 0 aliphatic heterocycles. The van der Waals surface area contributed by atoms with Crippen molar-refractivity contribution in [2.45, 2.75) is 13.8 Å². The number of halogens is 1. The molecule has 2 aromatic heterocycles. The van der Waals surface area contributed by atoms with E-state index in [0.717, 1.165) is 21.5 Å². The summed E-state index contributed by atoms with van der Waals surface area (Å²) in [4.78, 5) is 16.6. The fourth-order valence-electron chi connectivity index (χ4n) is 1.99. The monoisotopic (exact) mass is 320 g/mol. The number of rotatable bonds is 2. The number of nitrogens with one attached hydrogen (secondary N) is 1. The van der Waals surface area contributed by atoms with E-state index in [9.17, 15) is 4.79 Å². The van der Waals surface area contributed by atoms with Gasteiger partial charge >= 0.3 is 0 Å². The first-order chi connectivity index (χ1) is 9.95. The SMILES string of the molecule is Cc1ccc(Cl)c2sc(NC(=O)c3cc(C)n(C)n3)nc12. The first-order valence-electron chi connectivity index (χ1n) is 6.33. The molecule has 7 heteroatoms. The molecule has 1 N–H and O–H groups in total. The van der Waals surface area contributed by atoms with Crippen LogP contribution in [0.1, 0.15) is 21.7 Å². The van der Waals surface area contributed by atoms with E-state index >= 15 is 0 Å². The van der Waals surface area contributed by atoms with Gasteiger partial charge < -0.3 is 0 Å². The normalized spacial score (nSPS) is 11.0. The number of hydrogen-bond acceptors (Lipinski definition) is 4. The maximum atomic E-state index is 12.2. The molecule has 0 fully saturated rings. The number of hydrogen-bond donors (Lipinski definition) is 1. The van der Waals surface area contributed by atoms with Crippen molar-refractivity contribution in [1.82, 2.24) is 14.8 Å². The molecular formula is C14H13ClN4OS. The zero-order chi connectivity index (χ0) is 15.1. The quantitative estimate of drug-likeness (QED) is 0.785. The maximum Gasteiger partial charge on any atom is 0.277 e. The van der Waals surface area contributed by atoms with Crippen molar-refractivity contribution in [3.63, 3.8) is 0 Å². The van der Waals surface area contributed by atoms with E-state index in [0.29, 0.717) is 15.8 Å². The van der Waals surface area contributed by atoms with E-state index in [2.05, 4.69) is 15.4 Å². The lowest BCUT2D eigenvalue weighted by atomic mass is 10.2.